The highest BCUT2D eigenvalue weighted by molar-refractivity contribution is 7.89. The maximum atomic E-state index is 13.1. The fourth-order valence-corrected chi connectivity index (χ4v) is 6.02. The second-order valence-electron chi connectivity index (χ2n) is 9.15. The Morgan fingerprint density at radius 1 is 0.923 bits per heavy atom. The van der Waals surface area contributed by atoms with Crippen LogP contribution in [0.1, 0.15) is 18.1 Å². The zero-order chi connectivity index (χ0) is 27.8. The topological polar surface area (TPSA) is 94.1 Å². The number of rotatable bonds is 9. The van der Waals surface area contributed by atoms with Gasteiger partial charge >= 0.3 is 0 Å². The summed E-state index contributed by atoms with van der Waals surface area (Å²) in [6.07, 6.45) is 5.12. The van der Waals surface area contributed by atoms with E-state index >= 15 is 0 Å². The first-order valence-electron chi connectivity index (χ1n) is 12.7. The van der Waals surface area contributed by atoms with Crippen molar-refractivity contribution in [1.82, 2.24) is 4.31 Å². The molecule has 1 heterocycles. The quantitative estimate of drug-likeness (QED) is 0.222. The van der Waals surface area contributed by atoms with Crippen molar-refractivity contribution in [2.45, 2.75) is 18.7 Å². The molecule has 0 saturated carbocycles. The summed E-state index contributed by atoms with van der Waals surface area (Å²) >= 11 is 0. The van der Waals surface area contributed by atoms with Gasteiger partial charge < -0.3 is 15.5 Å². The third kappa shape index (κ3) is 7.01. The maximum absolute atomic E-state index is 13.1. The van der Waals surface area contributed by atoms with E-state index in [-0.39, 0.29) is 5.91 Å². The molecule has 1 fully saturated rings. The van der Waals surface area contributed by atoms with E-state index in [1.807, 2.05) is 73.7 Å². The second-order valence-corrected chi connectivity index (χ2v) is 11.1. The highest BCUT2D eigenvalue weighted by Gasteiger charge is 2.29. The molecular formula is C30H33N5O3S. The van der Waals surface area contributed by atoms with E-state index < -0.39 is 10.0 Å². The molecule has 1 aliphatic heterocycles. The van der Waals surface area contributed by atoms with Gasteiger partial charge in [-0.25, -0.2) is 13.4 Å². The van der Waals surface area contributed by atoms with Crippen molar-refractivity contribution in [2.75, 3.05) is 41.7 Å². The number of amides is 1. The molecule has 0 aliphatic carbocycles. The predicted molar refractivity (Wildman–Crippen MR) is 160 cm³/mol. The molecule has 0 spiro atoms. The summed E-state index contributed by atoms with van der Waals surface area (Å²) in [7, 11) is -3.50. The summed E-state index contributed by atoms with van der Waals surface area (Å²) in [6, 6.07) is 22.5. The maximum Gasteiger partial charge on any atom is 0.243 e. The van der Waals surface area contributed by atoms with Crippen LogP contribution in [0.3, 0.4) is 0 Å². The number of hydrogen-bond donors (Lipinski definition) is 2. The Kier molecular flexibility index (Phi) is 8.96. The highest BCUT2D eigenvalue weighted by Crippen LogP contribution is 2.24. The average Bonchev–Trinajstić information content (AvgIpc) is 2.93. The van der Waals surface area contributed by atoms with E-state index in [2.05, 4.69) is 27.1 Å². The number of sulfonamides is 1. The van der Waals surface area contributed by atoms with Crippen LogP contribution in [0.15, 0.2) is 101 Å². The minimum atomic E-state index is -3.50. The van der Waals surface area contributed by atoms with Crippen LogP contribution >= 0.6 is 0 Å². The summed E-state index contributed by atoms with van der Waals surface area (Å²) < 4.78 is 27.8. The Morgan fingerprint density at radius 2 is 1.56 bits per heavy atom. The average molecular weight is 544 g/mol. The number of benzene rings is 3. The Balaban J connectivity index is 1.34. The molecule has 1 amide bonds. The van der Waals surface area contributed by atoms with E-state index in [1.54, 1.807) is 28.9 Å². The molecule has 39 heavy (non-hydrogen) atoms. The number of carbonyl (C=O) groups excluding carboxylic acids is 1. The van der Waals surface area contributed by atoms with Crippen LogP contribution < -0.4 is 15.5 Å². The van der Waals surface area contributed by atoms with E-state index in [9.17, 15) is 13.2 Å². The van der Waals surface area contributed by atoms with E-state index in [0.717, 1.165) is 33.9 Å². The zero-order valence-electron chi connectivity index (χ0n) is 22.2. The van der Waals surface area contributed by atoms with Gasteiger partial charge in [-0.15, -0.1) is 0 Å². The highest BCUT2D eigenvalue weighted by atomic mass is 32.2. The van der Waals surface area contributed by atoms with Crippen LogP contribution in [0.5, 0.6) is 0 Å². The summed E-state index contributed by atoms with van der Waals surface area (Å²) in [6.45, 7) is 9.19. The molecule has 0 bridgehead atoms. The lowest BCUT2D eigenvalue weighted by atomic mass is 10.1. The van der Waals surface area contributed by atoms with Gasteiger partial charge in [0.2, 0.25) is 15.9 Å². The van der Waals surface area contributed by atoms with E-state index in [0.29, 0.717) is 31.1 Å². The molecule has 9 heteroatoms. The Hall–Kier alpha value is -4.21. The number of piperazine rings is 1. The first kappa shape index (κ1) is 27.8. The lowest BCUT2D eigenvalue weighted by Gasteiger charge is -2.35. The van der Waals surface area contributed by atoms with Crippen molar-refractivity contribution in [2.24, 2.45) is 4.99 Å². The van der Waals surface area contributed by atoms with Crippen molar-refractivity contribution in [3.05, 3.63) is 103 Å². The second kappa shape index (κ2) is 12.6. The lowest BCUT2D eigenvalue weighted by molar-refractivity contribution is -0.114. The summed E-state index contributed by atoms with van der Waals surface area (Å²) in [5.74, 6) is -0.119. The zero-order valence-corrected chi connectivity index (χ0v) is 23.0. The van der Waals surface area contributed by atoms with Crippen LogP contribution in [0, 0.1) is 6.92 Å². The third-order valence-corrected chi connectivity index (χ3v) is 8.45. The molecule has 0 atom stereocenters. The normalized spacial score (nSPS) is 14.8. The molecule has 1 saturated heterocycles. The summed E-state index contributed by atoms with van der Waals surface area (Å²) in [5, 5.41) is 5.94. The molecule has 0 aromatic heterocycles. The van der Waals surface area contributed by atoms with Crippen molar-refractivity contribution in [3.8, 4) is 0 Å². The van der Waals surface area contributed by atoms with E-state index in [4.69, 9.17) is 0 Å². The summed E-state index contributed by atoms with van der Waals surface area (Å²) in [4.78, 5) is 18.3. The van der Waals surface area contributed by atoms with Gasteiger partial charge in [-0.2, -0.15) is 4.31 Å². The molecule has 2 N–H and O–H groups in total. The van der Waals surface area contributed by atoms with Crippen LogP contribution in [-0.2, 0) is 14.8 Å². The van der Waals surface area contributed by atoms with Gasteiger partial charge in [0.25, 0.3) is 0 Å². The first-order chi connectivity index (χ1) is 18.8. The molecule has 202 valence electrons. The number of anilines is 3. The Bertz CT molecular complexity index is 1470. The van der Waals surface area contributed by atoms with Gasteiger partial charge in [0.1, 0.15) is 0 Å². The SMILES string of the molecule is C=C/C=C(\N=CNc1ccc(N2CCN(S(=O)(=O)c3ccccc3C)CC2)cc1)c1ccc(NC(C)=O)cc1. The molecule has 1 aliphatic rings. The minimum absolute atomic E-state index is 0.119. The molecule has 0 radical (unpaired) electrons. The van der Waals surface area contributed by atoms with Crippen molar-refractivity contribution >= 4 is 45.0 Å². The number of aliphatic imine (C=N–C) groups is 1. The lowest BCUT2D eigenvalue weighted by Crippen LogP contribution is -2.48. The molecule has 3 aromatic rings. The van der Waals surface area contributed by atoms with E-state index in [1.165, 1.54) is 6.92 Å². The van der Waals surface area contributed by atoms with Crippen LogP contribution in [0.2, 0.25) is 0 Å². The standard InChI is InChI=1S/C30H33N5O3S/c1-4-7-29(25-10-12-27(13-11-25)33-24(3)36)32-22-31-26-14-16-28(17-15-26)34-18-20-35(21-19-34)39(37,38)30-9-6-5-8-23(30)2/h4-17,22H,1,18-21H2,2-3H3,(H,31,32)(H,33,36)/b29-7-. The van der Waals surface area contributed by atoms with Crippen molar-refractivity contribution in [3.63, 3.8) is 0 Å². The van der Waals surface area contributed by atoms with Gasteiger partial charge in [0.05, 0.1) is 16.9 Å². The van der Waals surface area contributed by atoms with Gasteiger partial charge in [-0.3, -0.25) is 4.79 Å². The molecule has 4 rings (SSSR count). The first-order valence-corrected chi connectivity index (χ1v) is 14.1. The van der Waals surface area contributed by atoms with Gasteiger partial charge in [0, 0.05) is 55.7 Å². The number of hydrogen-bond acceptors (Lipinski definition) is 5. The van der Waals surface area contributed by atoms with Gasteiger partial charge in [-0.05, 0) is 61.0 Å². The van der Waals surface area contributed by atoms with Crippen LogP contribution in [-0.4, -0.2) is 51.1 Å². The monoisotopic (exact) mass is 543 g/mol. The van der Waals surface area contributed by atoms with Crippen LogP contribution in [0.4, 0.5) is 17.1 Å². The third-order valence-electron chi connectivity index (χ3n) is 6.39. The smallest absolute Gasteiger partial charge is 0.243 e. The van der Waals surface area contributed by atoms with Gasteiger partial charge in [-0.1, -0.05) is 43.0 Å². The summed E-state index contributed by atoms with van der Waals surface area (Å²) in [5.41, 5.74) is 5.02. The largest absolute Gasteiger partial charge is 0.369 e. The fraction of sp³-hybridized carbons (Fsp3) is 0.200. The number of allylic oxidation sites excluding steroid dienone is 2. The fourth-order valence-electron chi connectivity index (χ4n) is 4.37. The van der Waals surface area contributed by atoms with Crippen molar-refractivity contribution in [1.29, 1.82) is 0 Å². The predicted octanol–water partition coefficient (Wildman–Crippen LogP) is 5.13. The minimum Gasteiger partial charge on any atom is -0.369 e. The molecule has 0 unspecified atom stereocenters. The number of nitrogens with one attached hydrogen (secondary N) is 2. The number of nitrogens with zero attached hydrogens (tertiary/aromatic N) is 3. The van der Waals surface area contributed by atoms with Crippen molar-refractivity contribution < 1.29 is 13.2 Å². The molecular weight excluding hydrogens is 510 g/mol. The number of aryl methyl sites for hydroxylation is 1. The Labute approximate surface area is 230 Å². The van der Waals surface area contributed by atoms with Gasteiger partial charge in [0.15, 0.2) is 0 Å². The number of carbonyl (C=O) groups is 1. The molecule has 3 aromatic carbocycles. The van der Waals surface area contributed by atoms with Crippen LogP contribution in [0.25, 0.3) is 5.70 Å². The Morgan fingerprint density at radius 3 is 2.18 bits per heavy atom. The molecule has 8 nitrogen and oxygen atoms in total.